The van der Waals surface area contributed by atoms with Gasteiger partial charge in [0.25, 0.3) is 0 Å². The fourth-order valence-corrected chi connectivity index (χ4v) is 5.54. The molecule has 0 aliphatic heterocycles. The zero-order valence-electron chi connectivity index (χ0n) is 16.1. The van der Waals surface area contributed by atoms with E-state index in [9.17, 15) is 0 Å². The van der Waals surface area contributed by atoms with Crippen LogP contribution in [0.25, 0.3) is 53.2 Å². The number of thiophene rings is 1. The van der Waals surface area contributed by atoms with E-state index in [0.717, 1.165) is 5.02 Å². The Kier molecular flexibility index (Phi) is 4.12. The molecule has 0 aliphatic carbocycles. The highest BCUT2D eigenvalue weighted by Crippen LogP contribution is 2.41. The lowest BCUT2D eigenvalue weighted by Gasteiger charge is -2.08. The maximum Gasteiger partial charge on any atom is 0.0413 e. The van der Waals surface area contributed by atoms with E-state index >= 15 is 0 Å². The summed E-state index contributed by atoms with van der Waals surface area (Å²) in [6, 6.07) is 36.8. The molecule has 0 atom stereocenters. The van der Waals surface area contributed by atoms with E-state index in [1.807, 2.05) is 17.4 Å². The molecule has 0 saturated heterocycles. The van der Waals surface area contributed by atoms with Crippen LogP contribution in [0.3, 0.4) is 0 Å². The largest absolute Gasteiger partial charge is 0.135 e. The molecule has 30 heavy (non-hydrogen) atoms. The van der Waals surface area contributed by atoms with Crippen molar-refractivity contribution in [1.82, 2.24) is 0 Å². The van der Waals surface area contributed by atoms with Crippen LogP contribution in [-0.2, 0) is 0 Å². The van der Waals surface area contributed by atoms with Gasteiger partial charge in [-0.2, -0.15) is 0 Å². The van der Waals surface area contributed by atoms with Crippen molar-refractivity contribution in [2.24, 2.45) is 0 Å². The predicted octanol–water partition coefficient (Wildman–Crippen LogP) is 9.20. The predicted molar refractivity (Wildman–Crippen MR) is 133 cm³/mol. The molecule has 0 nitrogen and oxygen atoms in total. The van der Waals surface area contributed by atoms with Crippen LogP contribution in [0.2, 0.25) is 5.02 Å². The minimum absolute atomic E-state index is 0.781. The molecule has 0 unspecified atom stereocenters. The highest BCUT2D eigenvalue weighted by atomic mass is 35.5. The molecule has 2 heteroatoms. The first kappa shape index (κ1) is 17.7. The molecule has 142 valence electrons. The summed E-state index contributed by atoms with van der Waals surface area (Å²) < 4.78 is 2.57. The molecule has 0 amide bonds. The van der Waals surface area contributed by atoms with Crippen molar-refractivity contribution in [2.75, 3.05) is 0 Å². The van der Waals surface area contributed by atoms with Crippen molar-refractivity contribution >= 4 is 53.9 Å². The Balaban J connectivity index is 1.48. The van der Waals surface area contributed by atoms with Gasteiger partial charge in [-0.1, -0.05) is 84.4 Å². The molecule has 1 aromatic heterocycles. The van der Waals surface area contributed by atoms with E-state index in [4.69, 9.17) is 11.6 Å². The van der Waals surface area contributed by atoms with E-state index in [0.29, 0.717) is 0 Å². The molecule has 5 aromatic carbocycles. The van der Waals surface area contributed by atoms with Gasteiger partial charge in [-0.05, 0) is 63.4 Å². The second-order valence-electron chi connectivity index (χ2n) is 7.56. The molecule has 0 aliphatic rings. The molecule has 0 radical (unpaired) electrons. The number of benzene rings is 5. The summed E-state index contributed by atoms with van der Waals surface area (Å²) >= 11 is 8.13. The lowest BCUT2D eigenvalue weighted by molar-refractivity contribution is 1.63. The molecule has 0 fully saturated rings. The fraction of sp³-hybridized carbons (Fsp3) is 0. The Morgan fingerprint density at radius 2 is 1.30 bits per heavy atom. The molecule has 0 N–H and O–H groups in total. The number of rotatable bonds is 2. The average Bonchev–Trinajstić information content (AvgIpc) is 3.17. The number of halogens is 1. The Hall–Kier alpha value is -3.13. The van der Waals surface area contributed by atoms with Crippen LogP contribution in [0.1, 0.15) is 0 Å². The van der Waals surface area contributed by atoms with Gasteiger partial charge in [-0.25, -0.2) is 0 Å². The quantitative estimate of drug-likeness (QED) is 0.262. The third kappa shape index (κ3) is 2.90. The number of hydrogen-bond acceptors (Lipinski definition) is 1. The van der Waals surface area contributed by atoms with Crippen LogP contribution in [0.4, 0.5) is 0 Å². The summed E-state index contributed by atoms with van der Waals surface area (Å²) in [5.41, 5.74) is 4.96. The topological polar surface area (TPSA) is 0 Å². The average molecular weight is 421 g/mol. The minimum Gasteiger partial charge on any atom is -0.135 e. The summed E-state index contributed by atoms with van der Waals surface area (Å²) in [5.74, 6) is 0. The van der Waals surface area contributed by atoms with Gasteiger partial charge in [0.15, 0.2) is 0 Å². The van der Waals surface area contributed by atoms with Gasteiger partial charge in [-0.3, -0.25) is 0 Å². The van der Waals surface area contributed by atoms with Gasteiger partial charge >= 0.3 is 0 Å². The molecule has 0 saturated carbocycles. The van der Waals surface area contributed by atoms with Crippen molar-refractivity contribution in [3.63, 3.8) is 0 Å². The SMILES string of the molecule is Clc1ccc2sc3cccc(-c4ccc(-c5ccc6ccccc6c5)cc4)c3c2c1. The van der Waals surface area contributed by atoms with Crippen LogP contribution in [0.5, 0.6) is 0 Å². The Morgan fingerprint density at radius 1 is 0.533 bits per heavy atom. The van der Waals surface area contributed by atoms with Gasteiger partial charge < -0.3 is 0 Å². The zero-order chi connectivity index (χ0) is 20.1. The molecule has 1 heterocycles. The lowest BCUT2D eigenvalue weighted by Crippen LogP contribution is -1.82. The van der Waals surface area contributed by atoms with Gasteiger partial charge in [0.1, 0.15) is 0 Å². The van der Waals surface area contributed by atoms with Gasteiger partial charge in [0, 0.05) is 25.2 Å². The van der Waals surface area contributed by atoms with Crippen molar-refractivity contribution in [1.29, 1.82) is 0 Å². The van der Waals surface area contributed by atoms with E-state index in [2.05, 4.69) is 97.1 Å². The minimum atomic E-state index is 0.781. The standard InChI is InChI=1S/C28H17ClS/c29-23-14-15-26-25(17-23)28-24(6-3-7-27(28)30-26)20-11-8-19(9-12-20)22-13-10-18-4-1-2-5-21(18)16-22/h1-17H. The Labute approximate surface area is 184 Å². The fourth-order valence-electron chi connectivity index (χ4n) is 4.25. The molecule has 0 spiro atoms. The van der Waals surface area contributed by atoms with E-state index in [1.54, 1.807) is 0 Å². The Morgan fingerprint density at radius 3 is 2.17 bits per heavy atom. The van der Waals surface area contributed by atoms with Gasteiger partial charge in [0.2, 0.25) is 0 Å². The van der Waals surface area contributed by atoms with Crippen molar-refractivity contribution in [3.05, 3.63) is 108 Å². The monoisotopic (exact) mass is 420 g/mol. The van der Waals surface area contributed by atoms with Crippen LogP contribution in [0, 0.1) is 0 Å². The van der Waals surface area contributed by atoms with Crippen molar-refractivity contribution in [3.8, 4) is 22.3 Å². The smallest absolute Gasteiger partial charge is 0.0413 e. The summed E-state index contributed by atoms with van der Waals surface area (Å²) in [6.07, 6.45) is 0. The summed E-state index contributed by atoms with van der Waals surface area (Å²) in [6.45, 7) is 0. The summed E-state index contributed by atoms with van der Waals surface area (Å²) in [7, 11) is 0. The molecular weight excluding hydrogens is 404 g/mol. The second-order valence-corrected chi connectivity index (χ2v) is 9.08. The first-order valence-corrected chi connectivity index (χ1v) is 11.2. The normalized spacial score (nSPS) is 11.5. The zero-order valence-corrected chi connectivity index (χ0v) is 17.7. The molecule has 0 bridgehead atoms. The van der Waals surface area contributed by atoms with Crippen LogP contribution in [0.15, 0.2) is 103 Å². The summed E-state index contributed by atoms with van der Waals surface area (Å²) in [4.78, 5) is 0. The number of fused-ring (bicyclic) bond motifs is 4. The Bertz CT molecular complexity index is 1540. The third-order valence-electron chi connectivity index (χ3n) is 5.74. The van der Waals surface area contributed by atoms with E-state index < -0.39 is 0 Å². The summed E-state index contributed by atoms with van der Waals surface area (Å²) in [5, 5.41) is 5.84. The van der Waals surface area contributed by atoms with Crippen molar-refractivity contribution in [2.45, 2.75) is 0 Å². The lowest BCUT2D eigenvalue weighted by atomic mass is 9.96. The van der Waals surface area contributed by atoms with Crippen LogP contribution < -0.4 is 0 Å². The maximum absolute atomic E-state index is 6.31. The van der Waals surface area contributed by atoms with Gasteiger partial charge in [-0.15, -0.1) is 11.3 Å². The number of hydrogen-bond donors (Lipinski definition) is 0. The molecule has 6 rings (SSSR count). The first-order chi connectivity index (χ1) is 14.8. The van der Waals surface area contributed by atoms with Crippen LogP contribution in [-0.4, -0.2) is 0 Å². The third-order valence-corrected chi connectivity index (χ3v) is 7.11. The van der Waals surface area contributed by atoms with E-state index in [-0.39, 0.29) is 0 Å². The van der Waals surface area contributed by atoms with Crippen LogP contribution >= 0.6 is 22.9 Å². The highest BCUT2D eigenvalue weighted by molar-refractivity contribution is 7.26. The first-order valence-electron chi connectivity index (χ1n) is 9.97. The molecular formula is C28H17ClS. The highest BCUT2D eigenvalue weighted by Gasteiger charge is 2.11. The van der Waals surface area contributed by atoms with Crippen molar-refractivity contribution < 1.29 is 0 Å². The maximum atomic E-state index is 6.31. The molecule has 6 aromatic rings. The second kappa shape index (κ2) is 6.98. The van der Waals surface area contributed by atoms with E-state index in [1.165, 1.54) is 53.2 Å². The van der Waals surface area contributed by atoms with Gasteiger partial charge in [0.05, 0.1) is 0 Å².